The van der Waals surface area contributed by atoms with Crippen LogP contribution in [0.15, 0.2) is 188 Å². The van der Waals surface area contributed by atoms with Crippen LogP contribution in [0.1, 0.15) is 9.60 Å². The van der Waals surface area contributed by atoms with Crippen molar-refractivity contribution in [3.05, 3.63) is 188 Å². The molecule has 0 unspecified atom stereocenters. The van der Waals surface area contributed by atoms with E-state index in [0.717, 1.165) is 55.0 Å². The fourth-order valence-corrected chi connectivity index (χ4v) is 7.84. The van der Waals surface area contributed by atoms with Crippen molar-refractivity contribution in [2.75, 3.05) is 0 Å². The first kappa shape index (κ1) is 22.0. The maximum absolute atomic E-state index is 9.78. The molecule has 0 saturated carbocycles. The lowest BCUT2D eigenvalue weighted by Gasteiger charge is -2.10. The normalized spacial score (nSPS) is 13.8. The van der Waals surface area contributed by atoms with Crippen LogP contribution in [0.25, 0.3) is 93.6 Å². The highest BCUT2D eigenvalue weighted by molar-refractivity contribution is 6.20. The number of nitrogens with zero attached hydrogens (tertiary/aromatic N) is 3. The number of hydrogen-bond acceptors (Lipinski definition) is 0. The summed E-state index contributed by atoms with van der Waals surface area (Å²) < 4.78 is 70.0. The number of fused-ring (bicyclic) bond motifs is 9. The second-order valence-corrected chi connectivity index (χ2v) is 12.8. The maximum atomic E-state index is 9.78. The highest BCUT2D eigenvalue weighted by Gasteiger charge is 2.19. The molecule has 11 rings (SSSR count). The molecule has 0 bridgehead atoms. The second kappa shape index (κ2) is 10.8. The average molecular weight is 657 g/mol. The largest absolute Gasteiger partial charge is 0.309 e. The highest BCUT2D eigenvalue weighted by atomic mass is 15.0. The molecule has 0 fully saturated rings. The van der Waals surface area contributed by atoms with Gasteiger partial charge in [0.15, 0.2) is 0 Å². The first-order chi connectivity index (χ1) is 28.2. The molecule has 0 N–H and O–H groups in total. The summed E-state index contributed by atoms with van der Waals surface area (Å²) >= 11 is 0. The minimum Gasteiger partial charge on any atom is -0.309 e. The molecule has 3 aromatic heterocycles. The molecule has 0 atom stereocenters. The van der Waals surface area contributed by atoms with E-state index < -0.39 is 12.1 Å². The number of hydrogen-bond donors (Lipinski definition) is 0. The Morgan fingerprint density at radius 1 is 0.314 bits per heavy atom. The van der Waals surface area contributed by atoms with E-state index in [0.29, 0.717) is 11.3 Å². The third-order valence-corrected chi connectivity index (χ3v) is 10.0. The van der Waals surface area contributed by atoms with Gasteiger partial charge in [0.2, 0.25) is 0 Å². The standard InChI is InChI=1S/C48H31N3/c1-4-14-34(15-5-1)49-43-22-12-10-20-37(43)39-28-32(24-26-45(39)49)33-25-27-46-40(29-33)42-30-41-38-21-11-13-23-44(38)50(35-16-6-2-7-17-35)47(41)31-48(42)51(46)36-18-8-3-9-19-36/h1-31H/i10D,12D,20D,22D,24D,26D,28D. The van der Waals surface area contributed by atoms with Gasteiger partial charge in [0.05, 0.1) is 42.7 Å². The summed E-state index contributed by atoms with van der Waals surface area (Å²) in [6.07, 6.45) is 0. The summed E-state index contributed by atoms with van der Waals surface area (Å²) in [5, 5.41) is 4.47. The zero-order chi connectivity index (χ0) is 39.6. The molecular weight excluding hydrogens is 619 g/mol. The van der Waals surface area contributed by atoms with Gasteiger partial charge in [-0.1, -0.05) is 103 Å². The van der Waals surface area contributed by atoms with Crippen molar-refractivity contribution in [3.8, 4) is 28.2 Å². The molecule has 11 aromatic rings. The van der Waals surface area contributed by atoms with Gasteiger partial charge in [-0.3, -0.25) is 0 Å². The quantitative estimate of drug-likeness (QED) is 0.179. The molecule has 0 amide bonds. The third kappa shape index (κ3) is 4.12. The van der Waals surface area contributed by atoms with Crippen LogP contribution in [0.3, 0.4) is 0 Å². The van der Waals surface area contributed by atoms with Crippen molar-refractivity contribution in [2.24, 2.45) is 0 Å². The Hall–Kier alpha value is -6.84. The smallest absolute Gasteiger partial charge is 0.0645 e. The number of aromatic nitrogens is 3. The molecule has 0 aliphatic rings. The van der Waals surface area contributed by atoms with Crippen molar-refractivity contribution in [1.29, 1.82) is 0 Å². The molecule has 51 heavy (non-hydrogen) atoms. The van der Waals surface area contributed by atoms with Gasteiger partial charge >= 0.3 is 0 Å². The van der Waals surface area contributed by atoms with Crippen LogP contribution >= 0.6 is 0 Å². The van der Waals surface area contributed by atoms with E-state index >= 15 is 0 Å². The Morgan fingerprint density at radius 3 is 1.53 bits per heavy atom. The van der Waals surface area contributed by atoms with Crippen LogP contribution in [-0.2, 0) is 0 Å². The summed E-state index contributed by atoms with van der Waals surface area (Å²) in [4.78, 5) is 0. The topological polar surface area (TPSA) is 14.8 Å². The first-order valence-electron chi connectivity index (χ1n) is 20.5. The van der Waals surface area contributed by atoms with Gasteiger partial charge in [-0.15, -0.1) is 0 Å². The van der Waals surface area contributed by atoms with E-state index in [1.54, 1.807) is 16.7 Å². The minimum absolute atomic E-state index is 0.0693. The molecule has 8 aromatic carbocycles. The monoisotopic (exact) mass is 656 g/mol. The average Bonchev–Trinajstić information content (AvgIpc) is 3.90. The van der Waals surface area contributed by atoms with Crippen LogP contribution in [0, 0.1) is 0 Å². The summed E-state index contributed by atoms with van der Waals surface area (Å²) in [7, 11) is 0. The van der Waals surface area contributed by atoms with Gasteiger partial charge < -0.3 is 13.7 Å². The summed E-state index contributed by atoms with van der Waals surface area (Å²) in [6.45, 7) is 0. The van der Waals surface area contributed by atoms with E-state index in [-0.39, 0.29) is 57.6 Å². The molecule has 3 heterocycles. The molecule has 0 aliphatic heterocycles. The molecule has 3 heteroatoms. The van der Waals surface area contributed by atoms with Gasteiger partial charge in [-0.2, -0.15) is 0 Å². The van der Waals surface area contributed by atoms with Crippen molar-refractivity contribution < 1.29 is 9.60 Å². The Labute approximate surface area is 304 Å². The highest BCUT2D eigenvalue weighted by Crippen LogP contribution is 2.41. The molecule has 0 radical (unpaired) electrons. The number of rotatable bonds is 4. The molecular formula is C48H31N3. The lowest BCUT2D eigenvalue weighted by atomic mass is 10.00. The van der Waals surface area contributed by atoms with E-state index in [9.17, 15) is 4.11 Å². The van der Waals surface area contributed by atoms with Gasteiger partial charge in [-0.05, 0) is 96.0 Å². The minimum atomic E-state index is -0.415. The molecule has 0 aliphatic carbocycles. The number of benzene rings is 8. The van der Waals surface area contributed by atoms with Gasteiger partial charge in [0, 0.05) is 49.4 Å². The lowest BCUT2D eigenvalue weighted by molar-refractivity contribution is 1.16. The van der Waals surface area contributed by atoms with E-state index in [1.165, 1.54) is 0 Å². The second-order valence-electron chi connectivity index (χ2n) is 12.8. The molecule has 0 spiro atoms. The van der Waals surface area contributed by atoms with Gasteiger partial charge in [-0.25, -0.2) is 0 Å². The fraction of sp³-hybridized carbons (Fsp3) is 0. The van der Waals surface area contributed by atoms with Crippen LogP contribution in [0.2, 0.25) is 0 Å². The summed E-state index contributed by atoms with van der Waals surface area (Å²) in [6, 6.07) is 46.6. The lowest BCUT2D eigenvalue weighted by Crippen LogP contribution is -1.95. The Balaban J connectivity index is 1.26. The zero-order valence-electron chi connectivity index (χ0n) is 34.2. The molecule has 0 saturated heterocycles. The fourth-order valence-electron chi connectivity index (χ4n) is 7.84. The first-order valence-corrected chi connectivity index (χ1v) is 17.0. The Morgan fingerprint density at radius 2 is 0.843 bits per heavy atom. The van der Waals surface area contributed by atoms with Crippen molar-refractivity contribution in [2.45, 2.75) is 0 Å². The van der Waals surface area contributed by atoms with Crippen LogP contribution in [0.4, 0.5) is 0 Å². The van der Waals surface area contributed by atoms with E-state index in [4.69, 9.17) is 5.48 Å². The number of para-hydroxylation sites is 5. The van der Waals surface area contributed by atoms with Crippen molar-refractivity contribution in [1.82, 2.24) is 13.7 Å². The maximum Gasteiger partial charge on any atom is 0.0645 e. The van der Waals surface area contributed by atoms with Gasteiger partial charge in [0.1, 0.15) is 0 Å². The Bertz CT molecular complexity index is 3520. The predicted octanol–water partition coefficient (Wildman–Crippen LogP) is 12.6. The van der Waals surface area contributed by atoms with Gasteiger partial charge in [0.25, 0.3) is 0 Å². The van der Waals surface area contributed by atoms with Crippen molar-refractivity contribution >= 4 is 65.4 Å². The van der Waals surface area contributed by atoms with Crippen molar-refractivity contribution in [3.63, 3.8) is 0 Å². The summed E-state index contributed by atoms with van der Waals surface area (Å²) in [5.41, 5.74) is 7.86. The Kier molecular flexibility index (Phi) is 4.67. The van der Waals surface area contributed by atoms with E-state index in [2.05, 4.69) is 69.8 Å². The van der Waals surface area contributed by atoms with E-state index in [1.807, 2.05) is 72.8 Å². The summed E-state index contributed by atoms with van der Waals surface area (Å²) in [5.74, 6) is 0. The predicted molar refractivity (Wildman–Crippen MR) is 215 cm³/mol. The third-order valence-electron chi connectivity index (χ3n) is 10.0. The molecule has 3 nitrogen and oxygen atoms in total. The van der Waals surface area contributed by atoms with Crippen LogP contribution in [0.5, 0.6) is 0 Å². The SMILES string of the molecule is [2H]c1c([2H])c([2H])c2c(c1[2H])c1c([2H])c(-c3ccc4c(c3)c3cc5c6ccccc6n(-c6ccccc6)c5cc3n4-c3ccccc3)c([2H])c([2H])c1n2-c1ccccc1. The zero-order valence-corrected chi connectivity index (χ0v) is 27.2. The molecule has 238 valence electrons. The van der Waals surface area contributed by atoms with Crippen LogP contribution < -0.4 is 0 Å². The van der Waals surface area contributed by atoms with Crippen LogP contribution in [-0.4, -0.2) is 13.7 Å².